The number of allylic oxidation sites excluding steroid dienone is 1. The number of hydrogen-bond donors (Lipinski definition) is 1. The Morgan fingerprint density at radius 2 is 2.36 bits per heavy atom. The summed E-state index contributed by atoms with van der Waals surface area (Å²) >= 11 is 5.88. The van der Waals surface area contributed by atoms with Gasteiger partial charge < -0.3 is 0 Å². The topological polar surface area (TPSA) is 0 Å². The van der Waals surface area contributed by atoms with Gasteiger partial charge >= 0.3 is 0 Å². The lowest BCUT2D eigenvalue weighted by Gasteiger charge is -1.88. The molecule has 0 unspecified atom stereocenters. The Bertz CT molecular complexity index is 235. The van der Waals surface area contributed by atoms with Crippen LogP contribution in [-0.4, -0.2) is 5.75 Å². The number of aryl methyl sites for hydroxylation is 1. The Hall–Kier alpha value is -0.210. The molecule has 0 bridgehead atoms. The van der Waals surface area contributed by atoms with Crippen LogP contribution in [0.2, 0.25) is 0 Å². The first-order valence-electron chi connectivity index (χ1n) is 3.65. The standard InChI is InChI=1S/C9H12S2/c1-8-6-11-7-9(8)4-2-3-5-10/h2,4,6-7,10H,3,5H2,1H3. The highest BCUT2D eigenvalue weighted by Gasteiger charge is 1.91. The molecule has 1 aromatic heterocycles. The van der Waals surface area contributed by atoms with Crippen molar-refractivity contribution in [1.82, 2.24) is 0 Å². The van der Waals surface area contributed by atoms with Gasteiger partial charge in [-0.15, -0.1) is 0 Å². The fourth-order valence-corrected chi connectivity index (χ4v) is 1.79. The van der Waals surface area contributed by atoms with E-state index < -0.39 is 0 Å². The maximum atomic E-state index is 4.13. The van der Waals surface area contributed by atoms with Crippen molar-refractivity contribution >= 4 is 30.0 Å². The Kier molecular flexibility index (Phi) is 3.73. The maximum absolute atomic E-state index is 4.13. The predicted molar refractivity (Wildman–Crippen MR) is 56.6 cm³/mol. The average molecular weight is 184 g/mol. The molecule has 0 fully saturated rings. The quantitative estimate of drug-likeness (QED) is 0.684. The molecule has 1 heterocycles. The molecule has 11 heavy (non-hydrogen) atoms. The van der Waals surface area contributed by atoms with Crippen molar-refractivity contribution in [1.29, 1.82) is 0 Å². The van der Waals surface area contributed by atoms with E-state index in [1.165, 1.54) is 11.1 Å². The Morgan fingerprint density at radius 3 is 2.91 bits per heavy atom. The minimum Gasteiger partial charge on any atom is -0.179 e. The van der Waals surface area contributed by atoms with E-state index in [1.807, 2.05) is 0 Å². The molecule has 0 aliphatic rings. The minimum absolute atomic E-state index is 0.930. The predicted octanol–water partition coefficient (Wildman–Crippen LogP) is 3.39. The van der Waals surface area contributed by atoms with Crippen LogP contribution in [0.4, 0.5) is 0 Å². The van der Waals surface area contributed by atoms with E-state index in [0.29, 0.717) is 0 Å². The van der Waals surface area contributed by atoms with Gasteiger partial charge in [-0.3, -0.25) is 0 Å². The molecule has 0 amide bonds. The first-order chi connectivity index (χ1) is 5.34. The highest BCUT2D eigenvalue weighted by Crippen LogP contribution is 2.15. The van der Waals surface area contributed by atoms with Crippen LogP contribution in [0.5, 0.6) is 0 Å². The number of thiol groups is 1. The molecule has 0 saturated carbocycles. The molecule has 0 saturated heterocycles. The monoisotopic (exact) mass is 184 g/mol. The van der Waals surface area contributed by atoms with Gasteiger partial charge in [0.05, 0.1) is 0 Å². The molecule has 0 aliphatic heterocycles. The van der Waals surface area contributed by atoms with Gasteiger partial charge in [0.1, 0.15) is 0 Å². The molecule has 0 spiro atoms. The maximum Gasteiger partial charge on any atom is -0.00181 e. The van der Waals surface area contributed by atoms with Crippen molar-refractivity contribution in [3.63, 3.8) is 0 Å². The summed E-state index contributed by atoms with van der Waals surface area (Å²) < 4.78 is 0. The number of rotatable bonds is 3. The fraction of sp³-hybridized carbons (Fsp3) is 0.333. The summed E-state index contributed by atoms with van der Waals surface area (Å²) in [7, 11) is 0. The molecule has 1 aromatic rings. The van der Waals surface area contributed by atoms with Crippen molar-refractivity contribution in [2.75, 3.05) is 5.75 Å². The summed E-state index contributed by atoms with van der Waals surface area (Å²) in [5.41, 5.74) is 2.71. The third-order valence-electron chi connectivity index (χ3n) is 1.49. The van der Waals surface area contributed by atoms with E-state index in [1.54, 1.807) is 11.3 Å². The van der Waals surface area contributed by atoms with Gasteiger partial charge in [-0.05, 0) is 41.0 Å². The van der Waals surface area contributed by atoms with Crippen molar-refractivity contribution in [3.05, 3.63) is 28.0 Å². The molecule has 1 rings (SSSR count). The largest absolute Gasteiger partial charge is 0.179 e. The number of thiophene rings is 1. The molecule has 0 radical (unpaired) electrons. The van der Waals surface area contributed by atoms with Crippen molar-refractivity contribution < 1.29 is 0 Å². The van der Waals surface area contributed by atoms with Crippen LogP contribution in [0.25, 0.3) is 6.08 Å². The Labute approximate surface area is 77.4 Å². The SMILES string of the molecule is Cc1cscc1C=CCCS. The Balaban J connectivity index is 2.56. The zero-order chi connectivity index (χ0) is 8.10. The van der Waals surface area contributed by atoms with E-state index in [9.17, 15) is 0 Å². The highest BCUT2D eigenvalue weighted by molar-refractivity contribution is 7.80. The van der Waals surface area contributed by atoms with Crippen LogP contribution in [0.1, 0.15) is 17.5 Å². The average Bonchev–Trinajstić information content (AvgIpc) is 2.37. The first-order valence-corrected chi connectivity index (χ1v) is 5.22. The van der Waals surface area contributed by atoms with Crippen molar-refractivity contribution in [2.24, 2.45) is 0 Å². The molecular formula is C9H12S2. The van der Waals surface area contributed by atoms with Crippen LogP contribution in [0, 0.1) is 6.92 Å². The van der Waals surface area contributed by atoms with Gasteiger partial charge in [-0.2, -0.15) is 24.0 Å². The Morgan fingerprint density at radius 1 is 1.55 bits per heavy atom. The zero-order valence-corrected chi connectivity index (χ0v) is 8.29. The van der Waals surface area contributed by atoms with Gasteiger partial charge in [0, 0.05) is 0 Å². The van der Waals surface area contributed by atoms with Gasteiger partial charge in [0.25, 0.3) is 0 Å². The summed E-state index contributed by atoms with van der Waals surface area (Å²) in [6.07, 6.45) is 5.39. The molecule has 0 aliphatic carbocycles. The second kappa shape index (κ2) is 4.62. The summed E-state index contributed by atoms with van der Waals surface area (Å²) in [6.45, 7) is 2.14. The third kappa shape index (κ3) is 2.72. The van der Waals surface area contributed by atoms with Gasteiger partial charge in [-0.25, -0.2) is 0 Å². The lowest BCUT2D eigenvalue weighted by atomic mass is 10.2. The summed E-state index contributed by atoms with van der Waals surface area (Å²) in [5.74, 6) is 0.930. The second-order valence-electron chi connectivity index (χ2n) is 2.42. The summed E-state index contributed by atoms with van der Waals surface area (Å²) in [6, 6.07) is 0. The van der Waals surface area contributed by atoms with Crippen LogP contribution in [-0.2, 0) is 0 Å². The molecular weight excluding hydrogens is 172 g/mol. The van der Waals surface area contributed by atoms with Crippen LogP contribution in [0.15, 0.2) is 16.8 Å². The molecule has 2 heteroatoms. The van der Waals surface area contributed by atoms with E-state index in [4.69, 9.17) is 0 Å². The van der Waals surface area contributed by atoms with E-state index in [0.717, 1.165) is 12.2 Å². The molecule has 0 aromatic carbocycles. The summed E-state index contributed by atoms with van der Waals surface area (Å²) in [5, 5.41) is 4.34. The first kappa shape index (κ1) is 8.88. The van der Waals surface area contributed by atoms with Crippen LogP contribution >= 0.6 is 24.0 Å². The van der Waals surface area contributed by atoms with E-state index in [2.05, 4.69) is 42.5 Å². The smallest absolute Gasteiger partial charge is 0.00181 e. The van der Waals surface area contributed by atoms with Gasteiger partial charge in [0.2, 0.25) is 0 Å². The zero-order valence-electron chi connectivity index (χ0n) is 6.58. The lowest BCUT2D eigenvalue weighted by molar-refractivity contribution is 1.26. The molecule has 0 nitrogen and oxygen atoms in total. The van der Waals surface area contributed by atoms with E-state index >= 15 is 0 Å². The van der Waals surface area contributed by atoms with Gasteiger partial charge in [-0.1, -0.05) is 12.2 Å². The van der Waals surface area contributed by atoms with Crippen LogP contribution < -0.4 is 0 Å². The van der Waals surface area contributed by atoms with Crippen LogP contribution in [0.3, 0.4) is 0 Å². The minimum atomic E-state index is 0.930. The third-order valence-corrected chi connectivity index (χ3v) is 2.63. The van der Waals surface area contributed by atoms with Crippen molar-refractivity contribution in [3.8, 4) is 0 Å². The van der Waals surface area contributed by atoms with Crippen molar-refractivity contribution in [2.45, 2.75) is 13.3 Å². The second-order valence-corrected chi connectivity index (χ2v) is 3.62. The lowest BCUT2D eigenvalue weighted by Crippen LogP contribution is -1.70. The normalized spacial score (nSPS) is 11.1. The summed E-state index contributed by atoms with van der Waals surface area (Å²) in [4.78, 5) is 0. The fourth-order valence-electron chi connectivity index (χ4n) is 0.826. The molecule has 60 valence electrons. The molecule has 0 atom stereocenters. The highest BCUT2D eigenvalue weighted by atomic mass is 32.1. The van der Waals surface area contributed by atoms with Gasteiger partial charge in [0.15, 0.2) is 0 Å². The molecule has 0 N–H and O–H groups in total. The number of hydrogen-bond acceptors (Lipinski definition) is 2. The van der Waals surface area contributed by atoms with E-state index in [-0.39, 0.29) is 0 Å².